The molecule has 0 unspecified atom stereocenters. The molecular formula is C12H20N2O3S. The number of rotatable bonds is 6. The molecule has 1 aliphatic carbocycles. The smallest absolute Gasteiger partial charge is 0.273 e. The molecule has 2 N–H and O–H groups in total. The van der Waals surface area contributed by atoms with Crippen LogP contribution in [-0.4, -0.2) is 22.0 Å². The highest BCUT2D eigenvalue weighted by Crippen LogP contribution is 2.39. The topological polar surface area (TPSA) is 71.3 Å². The van der Waals surface area contributed by atoms with Crippen LogP contribution in [0.5, 0.6) is 0 Å². The molecule has 0 bridgehead atoms. The third-order valence-electron chi connectivity index (χ3n) is 3.58. The molecule has 2 rings (SSSR count). The van der Waals surface area contributed by atoms with Gasteiger partial charge in [0.1, 0.15) is 5.76 Å². The van der Waals surface area contributed by atoms with Gasteiger partial charge in [-0.05, 0) is 37.4 Å². The summed E-state index contributed by atoms with van der Waals surface area (Å²) in [5.74, 6) is 0.645. The van der Waals surface area contributed by atoms with Crippen LogP contribution < -0.4 is 10.0 Å². The van der Waals surface area contributed by atoms with Crippen molar-refractivity contribution < 1.29 is 12.8 Å². The summed E-state index contributed by atoms with van der Waals surface area (Å²) < 4.78 is 30.5. The standard InChI is InChI=1S/C12H20N2O3S/c1-12(6-3-7-12)9-14-8-10-4-5-11(17-10)18(15,16)13-2/h4-5,13-14H,3,6-9H2,1-2H3. The first-order valence-corrected chi connectivity index (χ1v) is 7.66. The van der Waals surface area contributed by atoms with E-state index >= 15 is 0 Å². The lowest BCUT2D eigenvalue weighted by molar-refractivity contribution is 0.155. The number of nitrogens with one attached hydrogen (secondary N) is 2. The van der Waals surface area contributed by atoms with E-state index in [-0.39, 0.29) is 5.09 Å². The highest BCUT2D eigenvalue weighted by molar-refractivity contribution is 7.89. The molecule has 1 aliphatic rings. The fourth-order valence-corrected chi connectivity index (χ4v) is 2.81. The molecule has 1 aromatic rings. The van der Waals surface area contributed by atoms with Crippen molar-refractivity contribution in [3.63, 3.8) is 0 Å². The number of furan rings is 1. The minimum absolute atomic E-state index is 0.0309. The van der Waals surface area contributed by atoms with E-state index in [0.717, 1.165) is 6.54 Å². The molecule has 1 aromatic heterocycles. The monoisotopic (exact) mass is 272 g/mol. The molecule has 102 valence electrons. The van der Waals surface area contributed by atoms with Crippen molar-refractivity contribution in [1.29, 1.82) is 0 Å². The van der Waals surface area contributed by atoms with Gasteiger partial charge in [0.15, 0.2) is 0 Å². The van der Waals surface area contributed by atoms with Gasteiger partial charge in [-0.3, -0.25) is 0 Å². The van der Waals surface area contributed by atoms with Gasteiger partial charge in [-0.25, -0.2) is 13.1 Å². The predicted octanol–water partition coefficient (Wildman–Crippen LogP) is 1.47. The molecule has 0 aliphatic heterocycles. The zero-order chi connectivity index (χ0) is 13.2. The van der Waals surface area contributed by atoms with Crippen LogP contribution in [0.15, 0.2) is 21.6 Å². The van der Waals surface area contributed by atoms with Crippen molar-refractivity contribution in [1.82, 2.24) is 10.0 Å². The van der Waals surface area contributed by atoms with E-state index < -0.39 is 10.0 Å². The molecule has 6 heteroatoms. The average molecular weight is 272 g/mol. The second-order valence-corrected chi connectivity index (χ2v) is 7.01. The van der Waals surface area contributed by atoms with Crippen molar-refractivity contribution >= 4 is 10.0 Å². The van der Waals surface area contributed by atoms with Crippen molar-refractivity contribution in [2.24, 2.45) is 5.41 Å². The molecular weight excluding hydrogens is 252 g/mol. The summed E-state index contributed by atoms with van der Waals surface area (Å²) >= 11 is 0. The van der Waals surface area contributed by atoms with Crippen LogP contribution >= 0.6 is 0 Å². The Balaban J connectivity index is 1.87. The van der Waals surface area contributed by atoms with Gasteiger partial charge in [-0.2, -0.15) is 0 Å². The zero-order valence-electron chi connectivity index (χ0n) is 10.8. The van der Waals surface area contributed by atoms with Crippen LogP contribution in [0.4, 0.5) is 0 Å². The SMILES string of the molecule is CNS(=O)(=O)c1ccc(CNCC2(C)CCC2)o1. The number of sulfonamides is 1. The Bertz CT molecular complexity index is 503. The molecule has 0 spiro atoms. The van der Waals surface area contributed by atoms with Crippen molar-refractivity contribution in [2.75, 3.05) is 13.6 Å². The van der Waals surface area contributed by atoms with Gasteiger partial charge in [-0.1, -0.05) is 13.3 Å². The lowest BCUT2D eigenvalue weighted by atomic mass is 9.70. The van der Waals surface area contributed by atoms with Gasteiger partial charge in [0, 0.05) is 6.54 Å². The van der Waals surface area contributed by atoms with E-state index in [9.17, 15) is 8.42 Å². The van der Waals surface area contributed by atoms with Crippen molar-refractivity contribution in [3.8, 4) is 0 Å². The van der Waals surface area contributed by atoms with Crippen LogP contribution in [0.3, 0.4) is 0 Å². The van der Waals surface area contributed by atoms with Crippen LogP contribution in [0.1, 0.15) is 31.9 Å². The normalized spacial score (nSPS) is 18.6. The number of hydrogen-bond donors (Lipinski definition) is 2. The fraction of sp³-hybridized carbons (Fsp3) is 0.667. The van der Waals surface area contributed by atoms with Crippen LogP contribution in [0.2, 0.25) is 0 Å². The van der Waals surface area contributed by atoms with E-state index in [2.05, 4.69) is 17.0 Å². The molecule has 0 amide bonds. The van der Waals surface area contributed by atoms with Crippen molar-refractivity contribution in [2.45, 2.75) is 37.8 Å². The molecule has 1 heterocycles. The molecule has 5 nitrogen and oxygen atoms in total. The fourth-order valence-electron chi connectivity index (χ4n) is 2.14. The largest absolute Gasteiger partial charge is 0.447 e. The maximum absolute atomic E-state index is 11.5. The van der Waals surface area contributed by atoms with Gasteiger partial charge < -0.3 is 9.73 Å². The van der Waals surface area contributed by atoms with E-state index in [1.54, 1.807) is 6.07 Å². The van der Waals surface area contributed by atoms with Crippen LogP contribution in [0, 0.1) is 5.41 Å². The highest BCUT2D eigenvalue weighted by atomic mass is 32.2. The first-order chi connectivity index (χ1) is 8.45. The molecule has 18 heavy (non-hydrogen) atoms. The Morgan fingerprint density at radius 1 is 1.39 bits per heavy atom. The summed E-state index contributed by atoms with van der Waals surface area (Å²) in [6, 6.07) is 3.17. The van der Waals surface area contributed by atoms with Gasteiger partial charge in [0.05, 0.1) is 6.54 Å². The molecule has 1 fully saturated rings. The molecule has 0 saturated heterocycles. The molecule has 1 saturated carbocycles. The van der Waals surface area contributed by atoms with E-state index in [0.29, 0.717) is 17.7 Å². The van der Waals surface area contributed by atoms with E-state index in [1.807, 2.05) is 0 Å². The summed E-state index contributed by atoms with van der Waals surface area (Å²) in [7, 11) is -2.10. The lowest BCUT2D eigenvalue weighted by Crippen LogP contribution is -2.36. The summed E-state index contributed by atoms with van der Waals surface area (Å²) in [6.45, 7) is 3.78. The second kappa shape index (κ2) is 5.03. The van der Waals surface area contributed by atoms with Crippen molar-refractivity contribution in [3.05, 3.63) is 17.9 Å². The predicted molar refractivity (Wildman–Crippen MR) is 68.6 cm³/mol. The van der Waals surface area contributed by atoms with Crippen LogP contribution in [-0.2, 0) is 16.6 Å². The minimum atomic E-state index is -3.47. The quantitative estimate of drug-likeness (QED) is 0.822. The van der Waals surface area contributed by atoms with Gasteiger partial charge in [0.25, 0.3) is 10.0 Å². The Labute approximate surface area is 108 Å². The third-order valence-corrected chi connectivity index (χ3v) is 4.87. The van der Waals surface area contributed by atoms with E-state index in [4.69, 9.17) is 4.42 Å². The first kappa shape index (κ1) is 13.6. The molecule has 0 atom stereocenters. The Hall–Kier alpha value is -0.850. The third kappa shape index (κ3) is 2.93. The maximum atomic E-state index is 11.5. The highest BCUT2D eigenvalue weighted by Gasteiger charge is 2.31. The minimum Gasteiger partial charge on any atom is -0.447 e. The molecule has 0 aromatic carbocycles. The maximum Gasteiger partial charge on any atom is 0.273 e. The molecule has 0 radical (unpaired) electrons. The summed E-state index contributed by atoms with van der Waals surface area (Å²) in [5.41, 5.74) is 0.409. The lowest BCUT2D eigenvalue weighted by Gasteiger charge is -2.38. The zero-order valence-corrected chi connectivity index (χ0v) is 11.6. The first-order valence-electron chi connectivity index (χ1n) is 6.18. The van der Waals surface area contributed by atoms with Gasteiger partial charge >= 0.3 is 0 Å². The summed E-state index contributed by atoms with van der Waals surface area (Å²) in [6.07, 6.45) is 3.83. The summed E-state index contributed by atoms with van der Waals surface area (Å²) in [5, 5.41) is 3.29. The Morgan fingerprint density at radius 3 is 2.67 bits per heavy atom. The van der Waals surface area contributed by atoms with Gasteiger partial charge in [0.2, 0.25) is 5.09 Å². The van der Waals surface area contributed by atoms with Gasteiger partial charge in [-0.15, -0.1) is 0 Å². The second-order valence-electron chi connectivity index (χ2n) is 5.20. The Kier molecular flexibility index (Phi) is 3.79. The van der Waals surface area contributed by atoms with E-state index in [1.165, 1.54) is 32.4 Å². The summed E-state index contributed by atoms with van der Waals surface area (Å²) in [4.78, 5) is 0. The average Bonchev–Trinajstić information content (AvgIpc) is 2.76. The number of hydrogen-bond acceptors (Lipinski definition) is 4. The van der Waals surface area contributed by atoms with Crippen LogP contribution in [0.25, 0.3) is 0 Å². The Morgan fingerprint density at radius 2 is 2.11 bits per heavy atom.